The van der Waals surface area contributed by atoms with Gasteiger partial charge in [0.05, 0.1) is 7.11 Å². The van der Waals surface area contributed by atoms with E-state index in [1.807, 2.05) is 18.7 Å². The van der Waals surface area contributed by atoms with Crippen LogP contribution in [0.25, 0.3) is 0 Å². The SMILES string of the molecule is COC(=O)c1nc(NC2CCSC2)sc1C. The molecular weight excluding hydrogens is 244 g/mol. The average molecular weight is 258 g/mol. The van der Waals surface area contributed by atoms with E-state index in [4.69, 9.17) is 0 Å². The lowest BCUT2D eigenvalue weighted by molar-refractivity contribution is 0.0594. The normalized spacial score (nSPS) is 19.8. The second kappa shape index (κ2) is 5.05. The summed E-state index contributed by atoms with van der Waals surface area (Å²) in [7, 11) is 1.38. The van der Waals surface area contributed by atoms with E-state index >= 15 is 0 Å². The second-order valence-electron chi connectivity index (χ2n) is 3.62. The van der Waals surface area contributed by atoms with Crippen LogP contribution in [0.15, 0.2) is 0 Å². The Morgan fingerprint density at radius 2 is 2.44 bits per heavy atom. The van der Waals surface area contributed by atoms with Gasteiger partial charge in [-0.15, -0.1) is 11.3 Å². The molecule has 0 bridgehead atoms. The van der Waals surface area contributed by atoms with Crippen molar-refractivity contribution in [1.29, 1.82) is 0 Å². The maximum Gasteiger partial charge on any atom is 0.357 e. The number of hydrogen-bond acceptors (Lipinski definition) is 6. The number of thiazole rings is 1. The van der Waals surface area contributed by atoms with Crippen molar-refractivity contribution in [2.45, 2.75) is 19.4 Å². The fourth-order valence-corrected chi connectivity index (χ4v) is 3.60. The summed E-state index contributed by atoms with van der Waals surface area (Å²) in [6.07, 6.45) is 1.16. The standard InChI is InChI=1S/C10H14N2O2S2/c1-6-8(9(13)14-2)12-10(16-6)11-7-3-4-15-5-7/h7H,3-5H2,1-2H3,(H,11,12). The topological polar surface area (TPSA) is 51.2 Å². The zero-order valence-electron chi connectivity index (χ0n) is 9.28. The van der Waals surface area contributed by atoms with Crippen LogP contribution in [0.3, 0.4) is 0 Å². The van der Waals surface area contributed by atoms with Crippen molar-refractivity contribution in [3.8, 4) is 0 Å². The van der Waals surface area contributed by atoms with Crippen LogP contribution < -0.4 is 5.32 Å². The Bertz CT molecular complexity index is 386. The number of thioether (sulfide) groups is 1. The third-order valence-corrected chi connectivity index (χ3v) is 4.50. The molecule has 0 amide bonds. The number of rotatable bonds is 3. The quantitative estimate of drug-likeness (QED) is 0.842. The van der Waals surface area contributed by atoms with E-state index in [0.29, 0.717) is 11.7 Å². The van der Waals surface area contributed by atoms with Crippen molar-refractivity contribution in [3.63, 3.8) is 0 Å². The van der Waals surface area contributed by atoms with Crippen LogP contribution >= 0.6 is 23.1 Å². The molecule has 6 heteroatoms. The molecule has 1 saturated heterocycles. The molecule has 1 fully saturated rings. The van der Waals surface area contributed by atoms with E-state index in [1.165, 1.54) is 24.2 Å². The van der Waals surface area contributed by atoms with Crippen LogP contribution in [0.1, 0.15) is 21.8 Å². The summed E-state index contributed by atoms with van der Waals surface area (Å²) in [5.74, 6) is 1.96. The lowest BCUT2D eigenvalue weighted by Gasteiger charge is -2.08. The van der Waals surface area contributed by atoms with Gasteiger partial charge in [0.15, 0.2) is 10.8 Å². The lowest BCUT2D eigenvalue weighted by atomic mass is 10.3. The second-order valence-corrected chi connectivity index (χ2v) is 5.97. The first-order chi connectivity index (χ1) is 7.70. The van der Waals surface area contributed by atoms with Crippen LogP contribution in [0, 0.1) is 6.92 Å². The van der Waals surface area contributed by atoms with Crippen molar-refractivity contribution in [3.05, 3.63) is 10.6 Å². The number of nitrogens with zero attached hydrogens (tertiary/aromatic N) is 1. The predicted octanol–water partition coefficient (Wildman–Crippen LogP) is 2.16. The van der Waals surface area contributed by atoms with Gasteiger partial charge >= 0.3 is 5.97 Å². The molecule has 0 aromatic carbocycles. The molecule has 1 N–H and O–H groups in total. The van der Waals surface area contributed by atoms with Crippen LogP contribution in [0.2, 0.25) is 0 Å². The van der Waals surface area contributed by atoms with E-state index in [-0.39, 0.29) is 5.97 Å². The van der Waals surface area contributed by atoms with Gasteiger partial charge in [-0.05, 0) is 19.1 Å². The number of hydrogen-bond donors (Lipinski definition) is 1. The van der Waals surface area contributed by atoms with Gasteiger partial charge in [-0.2, -0.15) is 11.8 Å². The van der Waals surface area contributed by atoms with Crippen molar-refractivity contribution >= 4 is 34.2 Å². The first-order valence-corrected chi connectivity index (χ1v) is 7.08. The van der Waals surface area contributed by atoms with Crippen molar-refractivity contribution < 1.29 is 9.53 Å². The van der Waals surface area contributed by atoms with E-state index in [1.54, 1.807) is 0 Å². The van der Waals surface area contributed by atoms with E-state index < -0.39 is 0 Å². The highest BCUT2D eigenvalue weighted by Crippen LogP contribution is 2.26. The Labute approximate surface area is 103 Å². The number of ether oxygens (including phenoxy) is 1. The number of carbonyl (C=O) groups excluding carboxylic acids is 1. The van der Waals surface area contributed by atoms with E-state index in [2.05, 4.69) is 15.0 Å². The molecule has 16 heavy (non-hydrogen) atoms. The monoisotopic (exact) mass is 258 g/mol. The molecule has 1 aromatic heterocycles. The molecular formula is C10H14N2O2S2. The van der Waals surface area contributed by atoms with E-state index in [9.17, 15) is 4.79 Å². The molecule has 2 heterocycles. The fraction of sp³-hybridized carbons (Fsp3) is 0.600. The highest BCUT2D eigenvalue weighted by molar-refractivity contribution is 7.99. The van der Waals surface area contributed by atoms with Crippen LogP contribution in [-0.2, 0) is 4.74 Å². The molecule has 0 spiro atoms. The number of aryl methyl sites for hydroxylation is 1. The number of aromatic nitrogens is 1. The number of methoxy groups -OCH3 is 1. The summed E-state index contributed by atoms with van der Waals surface area (Å²) in [6, 6.07) is 0.487. The number of carbonyl (C=O) groups is 1. The highest BCUT2D eigenvalue weighted by atomic mass is 32.2. The maximum atomic E-state index is 11.4. The molecule has 2 rings (SSSR count). The Morgan fingerprint density at radius 3 is 3.06 bits per heavy atom. The predicted molar refractivity (Wildman–Crippen MR) is 67.5 cm³/mol. The Hall–Kier alpha value is -0.750. The first kappa shape index (κ1) is 11.7. The number of nitrogens with one attached hydrogen (secondary N) is 1. The fourth-order valence-electron chi connectivity index (χ4n) is 1.57. The van der Waals surface area contributed by atoms with Gasteiger partial charge in [-0.3, -0.25) is 0 Å². The van der Waals surface area contributed by atoms with Crippen LogP contribution in [-0.4, -0.2) is 35.6 Å². The Morgan fingerprint density at radius 1 is 1.62 bits per heavy atom. The van der Waals surface area contributed by atoms with Crippen molar-refractivity contribution in [1.82, 2.24) is 4.98 Å². The summed E-state index contributed by atoms with van der Waals surface area (Å²) in [5, 5.41) is 4.18. The zero-order chi connectivity index (χ0) is 11.5. The largest absolute Gasteiger partial charge is 0.464 e. The number of esters is 1. The van der Waals surface area contributed by atoms with Gasteiger partial charge < -0.3 is 10.1 Å². The van der Waals surface area contributed by atoms with Crippen molar-refractivity contribution in [2.24, 2.45) is 0 Å². The summed E-state index contributed by atoms with van der Waals surface area (Å²) in [5.41, 5.74) is 0.431. The Balaban J connectivity index is 2.07. The zero-order valence-corrected chi connectivity index (χ0v) is 10.9. The molecule has 0 aliphatic carbocycles. The maximum absolute atomic E-state index is 11.4. The third kappa shape index (κ3) is 2.49. The summed E-state index contributed by atoms with van der Waals surface area (Å²) < 4.78 is 4.67. The van der Waals surface area contributed by atoms with Gasteiger partial charge in [0, 0.05) is 16.7 Å². The highest BCUT2D eigenvalue weighted by Gasteiger charge is 2.19. The molecule has 1 aliphatic heterocycles. The molecule has 0 radical (unpaired) electrons. The van der Waals surface area contributed by atoms with Crippen LogP contribution in [0.4, 0.5) is 5.13 Å². The Kier molecular flexibility index (Phi) is 3.70. The van der Waals surface area contributed by atoms with E-state index in [0.717, 1.165) is 22.2 Å². The van der Waals surface area contributed by atoms with Gasteiger partial charge in [0.25, 0.3) is 0 Å². The van der Waals surface area contributed by atoms with Gasteiger partial charge in [0.1, 0.15) is 0 Å². The summed E-state index contributed by atoms with van der Waals surface area (Å²) >= 11 is 3.46. The van der Waals surface area contributed by atoms with Gasteiger partial charge in [-0.1, -0.05) is 0 Å². The minimum Gasteiger partial charge on any atom is -0.464 e. The van der Waals surface area contributed by atoms with Gasteiger partial charge in [0.2, 0.25) is 0 Å². The smallest absolute Gasteiger partial charge is 0.357 e. The molecule has 1 unspecified atom stereocenters. The first-order valence-electron chi connectivity index (χ1n) is 5.10. The molecule has 1 aliphatic rings. The van der Waals surface area contributed by atoms with Crippen LogP contribution in [0.5, 0.6) is 0 Å². The minimum atomic E-state index is -0.359. The summed E-state index contributed by atoms with van der Waals surface area (Å²) in [6.45, 7) is 1.89. The van der Waals surface area contributed by atoms with Crippen molar-refractivity contribution in [2.75, 3.05) is 23.9 Å². The molecule has 1 aromatic rings. The molecule has 88 valence electrons. The lowest BCUT2D eigenvalue weighted by Crippen LogP contribution is -2.18. The summed E-state index contributed by atoms with van der Waals surface area (Å²) in [4.78, 5) is 16.5. The average Bonchev–Trinajstić information content (AvgIpc) is 2.88. The molecule has 0 saturated carbocycles. The number of anilines is 1. The van der Waals surface area contributed by atoms with Gasteiger partial charge in [-0.25, -0.2) is 9.78 Å². The minimum absolute atomic E-state index is 0.359. The molecule has 1 atom stereocenters. The molecule has 4 nitrogen and oxygen atoms in total. The third-order valence-electron chi connectivity index (χ3n) is 2.43.